The lowest BCUT2D eigenvalue weighted by Crippen LogP contribution is -1.94. The number of pyridine rings is 1. The largest absolute Gasteiger partial charge is 0.387 e. The second kappa shape index (κ2) is 5.65. The number of fused-ring (bicyclic) bond motifs is 1. The lowest BCUT2D eigenvalue weighted by Gasteiger charge is -2.06. The highest BCUT2D eigenvalue weighted by atomic mass is 32.2. The van der Waals surface area contributed by atoms with Gasteiger partial charge in [-0.25, -0.2) is 0 Å². The molecule has 1 heterocycles. The molecule has 0 aliphatic carbocycles. The quantitative estimate of drug-likeness (QED) is 0.770. The second-order valence-corrected chi connectivity index (χ2v) is 5.85. The molecule has 0 bridgehead atoms. The first-order valence-electron chi connectivity index (χ1n) is 6.53. The van der Waals surface area contributed by atoms with Crippen molar-refractivity contribution in [3.8, 4) is 0 Å². The number of hydrogen-bond acceptors (Lipinski definition) is 3. The van der Waals surface area contributed by atoms with Crippen molar-refractivity contribution in [2.75, 3.05) is 0 Å². The fourth-order valence-corrected chi connectivity index (χ4v) is 2.90. The molecule has 0 saturated carbocycles. The standard InChI is InChI=1S/C17H15NOS/c1-12(19)17-9-8-16(11-18-17)20-15-7-6-13-4-2-3-5-14(13)10-15/h2-12,19H,1H3/t12-/m1/s1. The minimum Gasteiger partial charge on any atom is -0.387 e. The van der Waals surface area contributed by atoms with E-state index >= 15 is 0 Å². The zero-order valence-corrected chi connectivity index (χ0v) is 12.0. The molecule has 0 aliphatic heterocycles. The van der Waals surface area contributed by atoms with Crippen LogP contribution in [0.25, 0.3) is 10.8 Å². The minimum absolute atomic E-state index is 0.519. The Morgan fingerprint density at radius 2 is 1.70 bits per heavy atom. The zero-order chi connectivity index (χ0) is 13.9. The molecule has 2 aromatic carbocycles. The molecule has 3 rings (SSSR count). The van der Waals surface area contributed by atoms with Crippen LogP contribution < -0.4 is 0 Å². The van der Waals surface area contributed by atoms with E-state index in [0.29, 0.717) is 5.69 Å². The van der Waals surface area contributed by atoms with Crippen LogP contribution in [-0.4, -0.2) is 10.1 Å². The molecule has 0 radical (unpaired) electrons. The van der Waals surface area contributed by atoms with Crippen LogP contribution in [0.5, 0.6) is 0 Å². The van der Waals surface area contributed by atoms with Crippen LogP contribution in [0.4, 0.5) is 0 Å². The molecule has 3 heteroatoms. The van der Waals surface area contributed by atoms with E-state index in [0.717, 1.165) is 4.90 Å². The van der Waals surface area contributed by atoms with Crippen molar-refractivity contribution in [1.82, 2.24) is 4.98 Å². The summed E-state index contributed by atoms with van der Waals surface area (Å²) in [7, 11) is 0. The molecule has 100 valence electrons. The molecule has 20 heavy (non-hydrogen) atoms. The first-order chi connectivity index (χ1) is 9.72. The van der Waals surface area contributed by atoms with E-state index in [1.54, 1.807) is 18.7 Å². The molecular formula is C17H15NOS. The Hall–Kier alpha value is -1.84. The third-order valence-electron chi connectivity index (χ3n) is 3.14. The molecule has 2 nitrogen and oxygen atoms in total. The highest BCUT2D eigenvalue weighted by Crippen LogP contribution is 2.30. The average molecular weight is 281 g/mol. The summed E-state index contributed by atoms with van der Waals surface area (Å²) in [6, 6.07) is 18.6. The Morgan fingerprint density at radius 1 is 0.950 bits per heavy atom. The number of benzene rings is 2. The van der Waals surface area contributed by atoms with E-state index in [4.69, 9.17) is 0 Å². The van der Waals surface area contributed by atoms with Crippen LogP contribution in [0.2, 0.25) is 0 Å². The maximum Gasteiger partial charge on any atom is 0.0931 e. The van der Waals surface area contributed by atoms with Crippen molar-refractivity contribution in [2.45, 2.75) is 22.8 Å². The van der Waals surface area contributed by atoms with Crippen molar-refractivity contribution >= 4 is 22.5 Å². The summed E-state index contributed by atoms with van der Waals surface area (Å²) < 4.78 is 0. The smallest absolute Gasteiger partial charge is 0.0931 e. The van der Waals surface area contributed by atoms with Crippen LogP contribution in [0.1, 0.15) is 18.7 Å². The van der Waals surface area contributed by atoms with E-state index in [9.17, 15) is 5.11 Å². The predicted octanol–water partition coefficient (Wildman–Crippen LogP) is 4.44. The molecule has 0 unspecified atom stereocenters. The highest BCUT2D eigenvalue weighted by Gasteiger charge is 2.03. The molecular weight excluding hydrogens is 266 g/mol. The number of aliphatic hydroxyl groups is 1. The predicted molar refractivity (Wildman–Crippen MR) is 82.9 cm³/mol. The third kappa shape index (κ3) is 2.84. The van der Waals surface area contributed by atoms with Gasteiger partial charge in [-0.1, -0.05) is 42.1 Å². The Bertz CT molecular complexity index is 722. The first kappa shape index (κ1) is 13.2. The summed E-state index contributed by atoms with van der Waals surface area (Å²) in [5.74, 6) is 0. The summed E-state index contributed by atoms with van der Waals surface area (Å²) in [6.45, 7) is 1.72. The topological polar surface area (TPSA) is 33.1 Å². The molecule has 0 fully saturated rings. The molecule has 0 saturated heterocycles. The zero-order valence-electron chi connectivity index (χ0n) is 11.2. The monoisotopic (exact) mass is 281 g/mol. The second-order valence-electron chi connectivity index (χ2n) is 4.71. The molecule has 1 N–H and O–H groups in total. The summed E-state index contributed by atoms with van der Waals surface area (Å²) >= 11 is 1.68. The Labute approximate surface area is 122 Å². The number of hydrogen-bond donors (Lipinski definition) is 1. The van der Waals surface area contributed by atoms with E-state index < -0.39 is 6.10 Å². The maximum atomic E-state index is 9.45. The van der Waals surface area contributed by atoms with Gasteiger partial charge in [0.05, 0.1) is 11.8 Å². The van der Waals surface area contributed by atoms with Crippen LogP contribution in [0.15, 0.2) is 70.6 Å². The van der Waals surface area contributed by atoms with E-state index in [1.165, 1.54) is 15.7 Å². The van der Waals surface area contributed by atoms with Crippen LogP contribution in [0, 0.1) is 0 Å². The van der Waals surface area contributed by atoms with Gasteiger partial charge in [0, 0.05) is 16.0 Å². The van der Waals surface area contributed by atoms with Crippen molar-refractivity contribution in [3.63, 3.8) is 0 Å². The fourth-order valence-electron chi connectivity index (χ4n) is 2.07. The number of aliphatic hydroxyl groups excluding tert-OH is 1. The molecule has 0 amide bonds. The molecule has 0 aliphatic rings. The average Bonchev–Trinajstić information content (AvgIpc) is 2.48. The summed E-state index contributed by atoms with van der Waals surface area (Å²) in [5.41, 5.74) is 0.702. The van der Waals surface area contributed by atoms with Crippen LogP contribution >= 0.6 is 11.8 Å². The molecule has 0 spiro atoms. The molecule has 1 aromatic heterocycles. The van der Waals surface area contributed by atoms with Crippen molar-refractivity contribution in [3.05, 3.63) is 66.5 Å². The Kier molecular flexibility index (Phi) is 3.72. The minimum atomic E-state index is -0.519. The van der Waals surface area contributed by atoms with Gasteiger partial charge in [0.2, 0.25) is 0 Å². The number of nitrogens with zero attached hydrogens (tertiary/aromatic N) is 1. The number of rotatable bonds is 3. The van der Waals surface area contributed by atoms with E-state index in [1.807, 2.05) is 24.4 Å². The van der Waals surface area contributed by atoms with Crippen molar-refractivity contribution in [2.24, 2.45) is 0 Å². The fraction of sp³-hybridized carbons (Fsp3) is 0.118. The van der Waals surface area contributed by atoms with Gasteiger partial charge in [0.15, 0.2) is 0 Å². The first-order valence-corrected chi connectivity index (χ1v) is 7.35. The lowest BCUT2D eigenvalue weighted by molar-refractivity contribution is 0.194. The highest BCUT2D eigenvalue weighted by molar-refractivity contribution is 7.99. The van der Waals surface area contributed by atoms with Gasteiger partial charge in [0.25, 0.3) is 0 Å². The number of aromatic nitrogens is 1. The van der Waals surface area contributed by atoms with Gasteiger partial charge in [0.1, 0.15) is 0 Å². The van der Waals surface area contributed by atoms with Crippen LogP contribution in [0.3, 0.4) is 0 Å². The van der Waals surface area contributed by atoms with Gasteiger partial charge in [-0.2, -0.15) is 0 Å². The van der Waals surface area contributed by atoms with E-state index in [2.05, 4.69) is 41.4 Å². The SMILES string of the molecule is C[C@@H](O)c1ccc(Sc2ccc3ccccc3c2)cn1. The van der Waals surface area contributed by atoms with E-state index in [-0.39, 0.29) is 0 Å². The normalized spacial score (nSPS) is 12.5. The van der Waals surface area contributed by atoms with Gasteiger partial charge in [-0.05, 0) is 42.0 Å². The third-order valence-corrected chi connectivity index (χ3v) is 4.11. The van der Waals surface area contributed by atoms with Crippen LogP contribution in [-0.2, 0) is 0 Å². The summed E-state index contributed by atoms with van der Waals surface area (Å²) in [6.07, 6.45) is 1.29. The van der Waals surface area contributed by atoms with Gasteiger partial charge >= 0.3 is 0 Å². The van der Waals surface area contributed by atoms with Crippen molar-refractivity contribution < 1.29 is 5.11 Å². The lowest BCUT2D eigenvalue weighted by atomic mass is 10.1. The van der Waals surface area contributed by atoms with Gasteiger partial charge in [-0.15, -0.1) is 0 Å². The summed E-state index contributed by atoms with van der Waals surface area (Å²) in [4.78, 5) is 6.53. The summed E-state index contributed by atoms with van der Waals surface area (Å²) in [5, 5.41) is 11.9. The maximum absolute atomic E-state index is 9.45. The molecule has 1 atom stereocenters. The van der Waals surface area contributed by atoms with Gasteiger partial charge in [-0.3, -0.25) is 4.98 Å². The van der Waals surface area contributed by atoms with Gasteiger partial charge < -0.3 is 5.11 Å². The molecule has 3 aromatic rings. The Morgan fingerprint density at radius 3 is 2.40 bits per heavy atom. The van der Waals surface area contributed by atoms with Crippen molar-refractivity contribution in [1.29, 1.82) is 0 Å². The Balaban J connectivity index is 1.85.